The van der Waals surface area contributed by atoms with Gasteiger partial charge in [0.25, 0.3) is 12.9 Å². The summed E-state index contributed by atoms with van der Waals surface area (Å²) in [5.41, 5.74) is 12.5. The number of benzene rings is 1. The number of nitrogens with one attached hydrogen (secondary N) is 7. The number of aliphatic imine (C=N–C) groups is 2. The number of carboxylic acids is 1. The maximum absolute atomic E-state index is 13.5. The van der Waals surface area contributed by atoms with Gasteiger partial charge in [-0.2, -0.15) is 23.5 Å². The van der Waals surface area contributed by atoms with Crippen molar-refractivity contribution in [3.63, 3.8) is 0 Å². The summed E-state index contributed by atoms with van der Waals surface area (Å²) in [6.45, 7) is 4.63. The minimum Gasteiger partial charge on any atom is -0.480 e. The molecule has 5 heterocycles. The molecule has 0 radical (unpaired) electrons. The Labute approximate surface area is 605 Å². The van der Waals surface area contributed by atoms with Crippen molar-refractivity contribution in [2.24, 2.45) is 33.3 Å². The average Bonchev–Trinajstić information content (AvgIpc) is 1.67. The van der Waals surface area contributed by atoms with Crippen molar-refractivity contribution in [2.45, 2.75) is 150 Å². The van der Waals surface area contributed by atoms with Crippen molar-refractivity contribution >= 4 is 119 Å². The molecule has 5 aliphatic rings. The molecule has 0 bridgehead atoms. The van der Waals surface area contributed by atoms with Gasteiger partial charge in [-0.15, -0.1) is 0 Å². The van der Waals surface area contributed by atoms with E-state index in [0.717, 1.165) is 37.2 Å². The number of nitrogens with zero attached hydrogens (tertiary/aromatic N) is 6. The lowest BCUT2D eigenvalue weighted by molar-refractivity contribution is -0.148. The van der Waals surface area contributed by atoms with Crippen LogP contribution in [0.25, 0.3) is 0 Å². The molecular weight excluding hydrogens is 1370 g/mol. The van der Waals surface area contributed by atoms with Crippen LogP contribution in [0.5, 0.6) is 0 Å². The fourth-order valence-corrected chi connectivity index (χ4v) is 15.8. The van der Waals surface area contributed by atoms with E-state index in [-0.39, 0.29) is 162 Å². The van der Waals surface area contributed by atoms with E-state index in [1.165, 1.54) is 26.4 Å². The van der Waals surface area contributed by atoms with Crippen molar-refractivity contribution in [2.75, 3.05) is 160 Å². The highest BCUT2D eigenvalue weighted by atomic mass is 32.2. The van der Waals surface area contributed by atoms with E-state index in [1.807, 2.05) is 38.2 Å². The number of rotatable bonds is 48. The Morgan fingerprint density at radius 3 is 1.39 bits per heavy atom. The van der Waals surface area contributed by atoms with Crippen LogP contribution in [0.3, 0.4) is 0 Å². The number of urea groups is 1. The van der Waals surface area contributed by atoms with E-state index in [0.29, 0.717) is 152 Å². The maximum Gasteiger partial charge on any atom is 0.319 e. The van der Waals surface area contributed by atoms with Crippen LogP contribution in [-0.4, -0.2) is 282 Å². The smallest absolute Gasteiger partial charge is 0.319 e. The highest BCUT2D eigenvalue weighted by Gasteiger charge is 2.41. The summed E-state index contributed by atoms with van der Waals surface area (Å²) in [6.07, 6.45) is 8.20. The number of unbranched alkanes of at least 4 members (excludes halogenated alkanes) is 4. The Bertz CT molecular complexity index is 2820. The van der Waals surface area contributed by atoms with Crippen LogP contribution < -0.4 is 48.7 Å². The van der Waals surface area contributed by atoms with Gasteiger partial charge in [-0.05, 0) is 69.6 Å². The zero-order valence-electron chi connectivity index (χ0n) is 58.9. The number of carbonyl (C=O) groups is 11. The second-order valence-electron chi connectivity index (χ2n) is 26.0. The molecule has 33 nitrogen and oxygen atoms in total. The van der Waals surface area contributed by atoms with Crippen LogP contribution in [-0.2, 0) is 76.4 Å². The van der Waals surface area contributed by atoms with Crippen LogP contribution in [0.15, 0.2) is 28.2 Å². The first-order valence-corrected chi connectivity index (χ1v) is 37.5. The molecule has 1 aromatic rings. The number of fused-ring (bicyclic) bond motifs is 2. The topological polar surface area (TPSA) is 437 Å². The minimum absolute atomic E-state index is 0.0129. The zero-order valence-corrected chi connectivity index (χ0v) is 60.6. The van der Waals surface area contributed by atoms with Gasteiger partial charge in [0, 0.05) is 143 Å². The highest BCUT2D eigenvalue weighted by Crippen LogP contribution is 2.37. The Kier molecular flexibility index (Phi) is 38.5. The number of anilines is 3. The van der Waals surface area contributed by atoms with Crippen molar-refractivity contribution in [3.8, 4) is 0 Å². The van der Waals surface area contributed by atoms with Crippen molar-refractivity contribution in [1.82, 2.24) is 40.9 Å². The number of ketones is 2. The number of aliphatic carboxylic acids is 1. The van der Waals surface area contributed by atoms with Crippen LogP contribution in [0, 0.1) is 11.8 Å². The van der Waals surface area contributed by atoms with Gasteiger partial charge in [0.2, 0.25) is 17.7 Å². The number of carbonyl (C=O) groups excluding carboxylic acids is 10. The summed E-state index contributed by atoms with van der Waals surface area (Å²) in [6, 6.07) is 4.82. The van der Waals surface area contributed by atoms with E-state index in [9.17, 15) is 57.8 Å². The number of Topliss-reactive ketones (excluding diaryl/α,β-unsaturated/α-hetero) is 2. The summed E-state index contributed by atoms with van der Waals surface area (Å²) in [5, 5.41) is 30.7. The predicted molar refractivity (Wildman–Crippen MR) is 384 cm³/mol. The molecule has 570 valence electrons. The number of guanidine groups is 2. The molecule has 5 aliphatic heterocycles. The van der Waals surface area contributed by atoms with E-state index in [4.69, 9.17) is 39.9 Å². The van der Waals surface area contributed by atoms with Crippen LogP contribution >= 0.6 is 23.5 Å². The Morgan fingerprint density at radius 1 is 0.549 bits per heavy atom. The lowest BCUT2D eigenvalue weighted by Gasteiger charge is -2.33. The SMILES string of the molecule is COC(=O)[C@H](CCCCC(=O)Nc1cc(NC(=O)CCCC[C@H](CC(=O)CCCC[C@@H]2SC[C@@H]3NC(N)=N[C@@H]32)C(=O)OC)cc(NC(=O)NCCOCCOCCNC(=O)CN2CCN(COC=O)CCN(COC=O)CCN(CC(=O)O)CC2)c1)CC(=O)CCCC[C@@H]1SC[C@@H]2NC(N)=N[C@@H]21. The Balaban J connectivity index is 0.927. The number of esters is 2. The molecule has 3 fully saturated rings. The first kappa shape index (κ1) is 83.5. The number of thioether (sulfide) groups is 2. The first-order chi connectivity index (χ1) is 49.3. The van der Waals surface area contributed by atoms with Crippen LogP contribution in [0.1, 0.15) is 116 Å². The van der Waals surface area contributed by atoms with Gasteiger partial charge in [0.1, 0.15) is 25.0 Å². The molecule has 35 heteroatoms. The molecule has 6 rings (SSSR count). The summed E-state index contributed by atoms with van der Waals surface area (Å²) < 4.78 is 31.4. The molecular formula is C67H107N15O18S2. The van der Waals surface area contributed by atoms with E-state index >= 15 is 0 Å². The molecule has 0 aliphatic carbocycles. The molecule has 0 unspecified atom stereocenters. The van der Waals surface area contributed by atoms with Gasteiger partial charge in [0.05, 0.1) is 89.7 Å². The molecule has 0 spiro atoms. The molecule has 12 N–H and O–H groups in total. The number of carboxylic acid groups (broad SMARTS) is 1. The molecule has 3 saturated heterocycles. The second kappa shape index (κ2) is 47.0. The third-order valence-electron chi connectivity index (χ3n) is 18.2. The maximum atomic E-state index is 13.5. The third-order valence-corrected chi connectivity index (χ3v) is 21.2. The average molecular weight is 1470 g/mol. The van der Waals surface area contributed by atoms with Crippen molar-refractivity contribution in [3.05, 3.63) is 18.2 Å². The number of nitrogens with two attached hydrogens (primary N) is 2. The van der Waals surface area contributed by atoms with Crippen molar-refractivity contribution in [1.29, 1.82) is 0 Å². The largest absolute Gasteiger partial charge is 0.480 e. The van der Waals surface area contributed by atoms with E-state index in [2.05, 4.69) is 47.2 Å². The molecule has 8 atom stereocenters. The van der Waals surface area contributed by atoms with E-state index in [1.54, 1.807) is 11.0 Å². The van der Waals surface area contributed by atoms with Gasteiger partial charge in [-0.1, -0.05) is 25.7 Å². The van der Waals surface area contributed by atoms with Crippen LogP contribution in [0.2, 0.25) is 0 Å². The molecule has 5 amide bonds. The Morgan fingerprint density at radius 2 is 0.961 bits per heavy atom. The fraction of sp³-hybridized carbons (Fsp3) is 0.716. The van der Waals surface area contributed by atoms with Gasteiger partial charge in [0.15, 0.2) is 11.9 Å². The highest BCUT2D eigenvalue weighted by molar-refractivity contribution is 8.00. The molecule has 0 aromatic heterocycles. The third kappa shape index (κ3) is 32.1. The molecule has 0 saturated carbocycles. The zero-order chi connectivity index (χ0) is 73.4. The quantitative estimate of drug-likeness (QED) is 0.0192. The van der Waals surface area contributed by atoms with E-state index < -0.39 is 35.8 Å². The number of hydrogen-bond acceptors (Lipinski definition) is 29. The second-order valence-corrected chi connectivity index (χ2v) is 28.5. The Hall–Kier alpha value is -7.41. The normalized spacial score (nSPS) is 20.8. The lowest BCUT2D eigenvalue weighted by Crippen LogP contribution is -2.49. The van der Waals surface area contributed by atoms with Gasteiger partial charge < -0.3 is 82.2 Å². The molecule has 1 aromatic carbocycles. The minimum atomic E-state index is -1.00. The van der Waals surface area contributed by atoms with Gasteiger partial charge in [-0.25, -0.2) is 14.8 Å². The van der Waals surface area contributed by atoms with Gasteiger partial charge >= 0.3 is 23.9 Å². The number of methoxy groups -OCH3 is 2. The standard InChI is InChI=1S/C67H107N15O18S2/c1-95-63(92)46(33-51(85)13-5-7-15-55-61-53(40-101-55)75-65(68)77-61)11-3-9-17-57(87)72-48-35-49(73-58(88)18-10-4-12-47(64(93)96-2)34-52(86)14-6-8-16-56-62-54(41-102-56)76-66(69)78-62)37-50(36-48)74-67(94)71-20-30-98-32-31-97-29-19-70-59(89)38-79-21-22-80(39-60(90)91)24-26-82(43-100-45-84)28-27-81(25-23-79)42-99-44-83/h35-37,44-47,53-56,61-62H,3-34,38-43H2,1-2H3,(H,70,89)(H,72,87)(H,73,88)(H,90,91)(H3,68,75,77)(H3,69,76,78)(H2,71,74,94)/t46-,47-,53+,54+,55+,56+,61+,62+/m1/s1. The number of amides is 5. The van der Waals surface area contributed by atoms with Crippen molar-refractivity contribution < 1.29 is 86.3 Å². The summed E-state index contributed by atoms with van der Waals surface area (Å²) in [7, 11) is 2.58. The van der Waals surface area contributed by atoms with Gasteiger partial charge in [-0.3, -0.25) is 67.5 Å². The summed E-state index contributed by atoms with van der Waals surface area (Å²) >= 11 is 3.74. The monoisotopic (exact) mass is 1470 g/mol. The molecule has 102 heavy (non-hydrogen) atoms. The number of ether oxygens (including phenoxy) is 6. The summed E-state index contributed by atoms with van der Waals surface area (Å²) in [5.74, 6) is -1.49. The van der Waals surface area contributed by atoms with Crippen LogP contribution in [0.4, 0.5) is 21.9 Å². The predicted octanol–water partition coefficient (Wildman–Crippen LogP) is 1.68. The first-order valence-electron chi connectivity index (χ1n) is 35.4. The fourth-order valence-electron chi connectivity index (χ4n) is 12.8. The summed E-state index contributed by atoms with van der Waals surface area (Å²) in [4.78, 5) is 155. The lowest BCUT2D eigenvalue weighted by atomic mass is 9.93. The number of hydrogen-bond donors (Lipinski definition) is 10.